The maximum Gasteiger partial charge on any atom is 0.0411 e. The van der Waals surface area contributed by atoms with Crippen molar-refractivity contribution in [1.82, 2.24) is 0 Å². The van der Waals surface area contributed by atoms with Crippen LogP contribution in [0, 0.1) is 0 Å². The lowest BCUT2D eigenvalue weighted by Crippen LogP contribution is -2.33. The van der Waals surface area contributed by atoms with Gasteiger partial charge in [-0.1, -0.05) is 24.4 Å². The largest absolute Gasteiger partial charge is 0.330 e. The molecule has 3 rings (SSSR count). The second kappa shape index (κ2) is 4.29. The van der Waals surface area contributed by atoms with Crippen molar-refractivity contribution >= 4 is 11.6 Å². The van der Waals surface area contributed by atoms with E-state index in [1.165, 1.54) is 56.1 Å². The van der Waals surface area contributed by atoms with Crippen LogP contribution in [-0.2, 0) is 18.3 Å². The summed E-state index contributed by atoms with van der Waals surface area (Å²) in [5, 5.41) is 0.903. The molecule has 1 saturated carbocycles. The zero-order valence-electron chi connectivity index (χ0n) is 10.3. The Hall–Kier alpha value is -0.530. The van der Waals surface area contributed by atoms with Gasteiger partial charge in [0.25, 0.3) is 0 Å². The van der Waals surface area contributed by atoms with E-state index < -0.39 is 0 Å². The fraction of sp³-hybridized carbons (Fsp3) is 0.600. The lowest BCUT2D eigenvalue weighted by atomic mass is 9.76. The van der Waals surface area contributed by atoms with Crippen LogP contribution in [-0.4, -0.2) is 6.54 Å². The van der Waals surface area contributed by atoms with E-state index in [2.05, 4.69) is 12.1 Å². The monoisotopic (exact) mass is 249 g/mol. The normalized spacial score (nSPS) is 21.8. The van der Waals surface area contributed by atoms with Crippen LogP contribution in [0.2, 0.25) is 5.02 Å². The van der Waals surface area contributed by atoms with E-state index in [1.54, 1.807) is 5.56 Å². The van der Waals surface area contributed by atoms with E-state index in [4.69, 9.17) is 17.3 Å². The zero-order chi connectivity index (χ0) is 11.9. The van der Waals surface area contributed by atoms with Crippen molar-refractivity contribution in [2.45, 2.75) is 50.4 Å². The summed E-state index contributed by atoms with van der Waals surface area (Å²) in [6, 6.07) is 4.36. The zero-order valence-corrected chi connectivity index (χ0v) is 11.0. The van der Waals surface area contributed by atoms with Crippen molar-refractivity contribution in [3.63, 3.8) is 0 Å². The fourth-order valence-electron chi connectivity index (χ4n) is 3.78. The first-order valence-electron chi connectivity index (χ1n) is 6.77. The van der Waals surface area contributed by atoms with Gasteiger partial charge in [-0.3, -0.25) is 0 Å². The van der Waals surface area contributed by atoms with Gasteiger partial charge in [0.15, 0.2) is 0 Å². The van der Waals surface area contributed by atoms with Crippen molar-refractivity contribution in [2.75, 3.05) is 6.54 Å². The molecule has 0 spiro atoms. The quantitative estimate of drug-likeness (QED) is 0.852. The van der Waals surface area contributed by atoms with Gasteiger partial charge in [0, 0.05) is 17.0 Å². The third-order valence-corrected chi connectivity index (χ3v) is 4.92. The minimum absolute atomic E-state index is 0.235. The van der Waals surface area contributed by atoms with Crippen LogP contribution in [0.4, 0.5) is 0 Å². The van der Waals surface area contributed by atoms with Crippen molar-refractivity contribution in [1.29, 1.82) is 0 Å². The number of nitrogens with two attached hydrogens (primary N) is 1. The van der Waals surface area contributed by atoms with Crippen molar-refractivity contribution < 1.29 is 0 Å². The Morgan fingerprint density at radius 1 is 1.12 bits per heavy atom. The van der Waals surface area contributed by atoms with Crippen LogP contribution in [0.25, 0.3) is 0 Å². The molecule has 2 aliphatic carbocycles. The molecular formula is C15H20ClN. The predicted molar refractivity (Wildman–Crippen MR) is 72.7 cm³/mol. The van der Waals surface area contributed by atoms with Gasteiger partial charge in [-0.15, -0.1) is 0 Å². The maximum atomic E-state index is 6.29. The summed E-state index contributed by atoms with van der Waals surface area (Å²) in [5.74, 6) is 0. The fourth-order valence-corrected chi connectivity index (χ4v) is 4.02. The Labute approximate surface area is 108 Å². The van der Waals surface area contributed by atoms with Crippen LogP contribution in [0.5, 0.6) is 0 Å². The molecule has 0 heterocycles. The highest BCUT2D eigenvalue weighted by Crippen LogP contribution is 2.44. The van der Waals surface area contributed by atoms with Crippen LogP contribution in [0.1, 0.15) is 48.8 Å². The van der Waals surface area contributed by atoms with Crippen molar-refractivity contribution in [2.24, 2.45) is 5.73 Å². The predicted octanol–water partition coefficient (Wildman–Crippen LogP) is 3.60. The van der Waals surface area contributed by atoms with Gasteiger partial charge in [-0.25, -0.2) is 0 Å². The third-order valence-electron chi connectivity index (χ3n) is 4.70. The Bertz CT molecular complexity index is 433. The molecule has 2 aliphatic rings. The Morgan fingerprint density at radius 3 is 2.59 bits per heavy atom. The first-order valence-corrected chi connectivity index (χ1v) is 7.15. The Morgan fingerprint density at radius 2 is 1.88 bits per heavy atom. The summed E-state index contributed by atoms with van der Waals surface area (Å²) in [6.07, 6.45) is 8.83. The van der Waals surface area contributed by atoms with Gasteiger partial charge in [-0.05, 0) is 60.9 Å². The molecule has 0 aromatic heterocycles. The van der Waals surface area contributed by atoms with E-state index in [-0.39, 0.29) is 5.41 Å². The number of benzene rings is 1. The number of rotatable bonds is 2. The average Bonchev–Trinajstić information content (AvgIpc) is 2.96. The molecule has 0 unspecified atom stereocenters. The number of hydrogen-bond acceptors (Lipinski definition) is 1. The highest BCUT2D eigenvalue weighted by atomic mass is 35.5. The third kappa shape index (κ3) is 1.80. The van der Waals surface area contributed by atoms with E-state index in [1.807, 2.05) is 0 Å². The van der Waals surface area contributed by atoms with Gasteiger partial charge in [0.05, 0.1) is 0 Å². The SMILES string of the molecule is NCC1(c2cc(Cl)cc3c2CCC3)CCCC1. The molecular weight excluding hydrogens is 230 g/mol. The number of halogens is 1. The van der Waals surface area contributed by atoms with Crippen molar-refractivity contribution in [3.8, 4) is 0 Å². The van der Waals surface area contributed by atoms with Crippen LogP contribution in [0.3, 0.4) is 0 Å². The molecule has 17 heavy (non-hydrogen) atoms. The molecule has 0 bridgehead atoms. The molecule has 1 aromatic carbocycles. The highest BCUT2D eigenvalue weighted by Gasteiger charge is 2.37. The lowest BCUT2D eigenvalue weighted by molar-refractivity contribution is 0.449. The van der Waals surface area contributed by atoms with Crippen LogP contribution in [0.15, 0.2) is 12.1 Å². The smallest absolute Gasteiger partial charge is 0.0411 e. The summed E-state index contributed by atoms with van der Waals surface area (Å²) >= 11 is 6.29. The summed E-state index contributed by atoms with van der Waals surface area (Å²) in [4.78, 5) is 0. The topological polar surface area (TPSA) is 26.0 Å². The number of fused-ring (bicyclic) bond motifs is 1. The van der Waals surface area contributed by atoms with Crippen molar-refractivity contribution in [3.05, 3.63) is 33.8 Å². The van der Waals surface area contributed by atoms with E-state index in [0.717, 1.165) is 11.6 Å². The second-order valence-corrected chi connectivity index (χ2v) is 6.07. The summed E-state index contributed by atoms with van der Waals surface area (Å²) in [6.45, 7) is 0.778. The molecule has 0 atom stereocenters. The van der Waals surface area contributed by atoms with Crippen LogP contribution < -0.4 is 5.73 Å². The number of aryl methyl sites for hydroxylation is 1. The molecule has 0 amide bonds. The molecule has 2 N–H and O–H groups in total. The Balaban J connectivity index is 2.13. The van der Waals surface area contributed by atoms with Gasteiger partial charge >= 0.3 is 0 Å². The van der Waals surface area contributed by atoms with Gasteiger partial charge < -0.3 is 5.73 Å². The summed E-state index contributed by atoms with van der Waals surface area (Å²) < 4.78 is 0. The van der Waals surface area contributed by atoms with E-state index >= 15 is 0 Å². The summed E-state index contributed by atoms with van der Waals surface area (Å²) in [5.41, 5.74) is 10.9. The minimum atomic E-state index is 0.235. The number of hydrogen-bond donors (Lipinski definition) is 1. The highest BCUT2D eigenvalue weighted by molar-refractivity contribution is 6.30. The average molecular weight is 250 g/mol. The Kier molecular flexibility index (Phi) is 2.92. The molecule has 1 aromatic rings. The molecule has 1 fully saturated rings. The molecule has 0 saturated heterocycles. The van der Waals surface area contributed by atoms with E-state index in [9.17, 15) is 0 Å². The summed E-state index contributed by atoms with van der Waals surface area (Å²) in [7, 11) is 0. The molecule has 0 radical (unpaired) electrons. The molecule has 1 nitrogen and oxygen atoms in total. The van der Waals surface area contributed by atoms with E-state index in [0.29, 0.717) is 0 Å². The molecule has 2 heteroatoms. The van der Waals surface area contributed by atoms with Crippen LogP contribution >= 0.6 is 11.6 Å². The molecule has 0 aliphatic heterocycles. The second-order valence-electron chi connectivity index (χ2n) is 5.64. The standard InChI is InChI=1S/C15H20ClN/c16-12-8-11-4-3-5-13(11)14(9-12)15(10-17)6-1-2-7-15/h8-9H,1-7,10,17H2. The van der Waals surface area contributed by atoms with Gasteiger partial charge in [0.1, 0.15) is 0 Å². The van der Waals surface area contributed by atoms with Gasteiger partial charge in [-0.2, -0.15) is 0 Å². The lowest BCUT2D eigenvalue weighted by Gasteiger charge is -2.30. The minimum Gasteiger partial charge on any atom is -0.330 e. The maximum absolute atomic E-state index is 6.29. The first kappa shape index (κ1) is 11.6. The van der Waals surface area contributed by atoms with Gasteiger partial charge in [0.2, 0.25) is 0 Å². The molecule has 92 valence electrons. The first-order chi connectivity index (χ1) is 8.25.